The summed E-state index contributed by atoms with van der Waals surface area (Å²) in [5.74, 6) is 0.838. The fourth-order valence-electron chi connectivity index (χ4n) is 2.11. The lowest BCUT2D eigenvalue weighted by Crippen LogP contribution is -2.08. The van der Waals surface area contributed by atoms with Gasteiger partial charge in [0.2, 0.25) is 0 Å². The second-order valence-corrected chi connectivity index (χ2v) is 4.90. The number of ether oxygens (including phenoxy) is 2. The fraction of sp³-hybridized carbons (Fsp3) is 0.235. The topological polar surface area (TPSA) is 61.5 Å². The normalized spacial score (nSPS) is 10.2. The lowest BCUT2D eigenvalue weighted by atomic mass is 10.1. The summed E-state index contributed by atoms with van der Waals surface area (Å²) in [6, 6.07) is 10.9. The monoisotopic (exact) mass is 285 g/mol. The fourth-order valence-corrected chi connectivity index (χ4v) is 2.11. The Balaban J connectivity index is 2.28. The van der Waals surface area contributed by atoms with Crippen LogP contribution in [0.25, 0.3) is 0 Å². The van der Waals surface area contributed by atoms with E-state index in [9.17, 15) is 4.79 Å². The van der Waals surface area contributed by atoms with Crippen molar-refractivity contribution in [3.05, 3.63) is 53.1 Å². The first-order valence-corrected chi connectivity index (χ1v) is 6.82. The molecule has 0 bridgehead atoms. The number of hydrogen-bond donors (Lipinski definition) is 1. The second kappa shape index (κ2) is 6.31. The molecule has 0 aliphatic heterocycles. The Morgan fingerprint density at radius 1 is 1.05 bits per heavy atom. The van der Waals surface area contributed by atoms with Crippen LogP contribution in [0.4, 0.5) is 5.69 Å². The van der Waals surface area contributed by atoms with Gasteiger partial charge >= 0.3 is 5.97 Å². The molecule has 2 aromatic carbocycles. The number of nitrogens with two attached hydrogens (primary N) is 1. The molecular formula is C17H19NO3. The van der Waals surface area contributed by atoms with Crippen LogP contribution in [0.15, 0.2) is 36.4 Å². The van der Waals surface area contributed by atoms with Crippen molar-refractivity contribution in [3.8, 4) is 11.5 Å². The van der Waals surface area contributed by atoms with Crippen LogP contribution in [0.3, 0.4) is 0 Å². The van der Waals surface area contributed by atoms with Crippen LogP contribution in [0.5, 0.6) is 11.5 Å². The van der Waals surface area contributed by atoms with Crippen molar-refractivity contribution < 1.29 is 14.3 Å². The molecule has 2 aromatic rings. The van der Waals surface area contributed by atoms with E-state index in [0.717, 1.165) is 16.9 Å². The lowest BCUT2D eigenvalue weighted by Gasteiger charge is -2.10. The van der Waals surface area contributed by atoms with Gasteiger partial charge in [0.1, 0.15) is 11.5 Å². The van der Waals surface area contributed by atoms with Gasteiger partial charge in [-0.2, -0.15) is 0 Å². The lowest BCUT2D eigenvalue weighted by molar-refractivity contribution is 0.0527. The molecule has 0 fully saturated rings. The molecule has 0 radical (unpaired) electrons. The van der Waals surface area contributed by atoms with Crippen LogP contribution in [-0.2, 0) is 4.74 Å². The third-order valence-electron chi connectivity index (χ3n) is 2.95. The first-order chi connectivity index (χ1) is 9.99. The van der Waals surface area contributed by atoms with Gasteiger partial charge in [-0.1, -0.05) is 6.07 Å². The molecule has 0 aliphatic carbocycles. The molecule has 0 amide bonds. The highest BCUT2D eigenvalue weighted by Gasteiger charge is 2.12. The Labute approximate surface area is 124 Å². The van der Waals surface area contributed by atoms with Crippen molar-refractivity contribution in [2.24, 2.45) is 0 Å². The van der Waals surface area contributed by atoms with Crippen molar-refractivity contribution in [3.63, 3.8) is 0 Å². The van der Waals surface area contributed by atoms with Crippen LogP contribution in [0.2, 0.25) is 0 Å². The summed E-state index contributed by atoms with van der Waals surface area (Å²) in [7, 11) is 0. The maximum Gasteiger partial charge on any atom is 0.340 e. The maximum absolute atomic E-state index is 11.8. The maximum atomic E-state index is 11.8. The van der Waals surface area contributed by atoms with Crippen LogP contribution in [-0.4, -0.2) is 12.6 Å². The molecule has 21 heavy (non-hydrogen) atoms. The number of anilines is 1. The number of carbonyl (C=O) groups excluding carboxylic acids is 1. The zero-order valence-electron chi connectivity index (χ0n) is 12.5. The van der Waals surface area contributed by atoms with Gasteiger partial charge in [0.15, 0.2) is 0 Å². The number of aryl methyl sites for hydroxylation is 2. The summed E-state index contributed by atoms with van der Waals surface area (Å²) in [5, 5.41) is 0. The largest absolute Gasteiger partial charge is 0.462 e. The predicted molar refractivity (Wildman–Crippen MR) is 82.8 cm³/mol. The highest BCUT2D eigenvalue weighted by Crippen LogP contribution is 2.27. The molecule has 0 aromatic heterocycles. The summed E-state index contributed by atoms with van der Waals surface area (Å²) >= 11 is 0. The third kappa shape index (κ3) is 3.75. The molecule has 4 heteroatoms. The van der Waals surface area contributed by atoms with Crippen molar-refractivity contribution in [1.82, 2.24) is 0 Å². The summed E-state index contributed by atoms with van der Waals surface area (Å²) < 4.78 is 10.8. The molecule has 0 heterocycles. The van der Waals surface area contributed by atoms with E-state index >= 15 is 0 Å². The van der Waals surface area contributed by atoms with Gasteiger partial charge in [0.05, 0.1) is 12.2 Å². The van der Waals surface area contributed by atoms with Gasteiger partial charge in [-0.3, -0.25) is 0 Å². The summed E-state index contributed by atoms with van der Waals surface area (Å²) in [6.07, 6.45) is 0. The van der Waals surface area contributed by atoms with Crippen molar-refractivity contribution >= 4 is 11.7 Å². The molecule has 0 saturated carbocycles. The Hall–Kier alpha value is -2.49. The number of benzene rings is 2. The molecule has 2 N–H and O–H groups in total. The van der Waals surface area contributed by atoms with Crippen molar-refractivity contribution in [1.29, 1.82) is 0 Å². The van der Waals surface area contributed by atoms with Gasteiger partial charge in [0, 0.05) is 5.69 Å². The van der Waals surface area contributed by atoms with E-state index in [1.165, 1.54) is 0 Å². The van der Waals surface area contributed by atoms with Crippen molar-refractivity contribution in [2.45, 2.75) is 20.8 Å². The molecule has 0 atom stereocenters. The summed E-state index contributed by atoms with van der Waals surface area (Å²) in [6.45, 7) is 6.07. The quantitative estimate of drug-likeness (QED) is 0.684. The third-order valence-corrected chi connectivity index (χ3v) is 2.95. The molecule has 0 unspecified atom stereocenters. The minimum atomic E-state index is -0.444. The average Bonchev–Trinajstić information content (AvgIpc) is 2.40. The van der Waals surface area contributed by atoms with E-state index in [0.29, 0.717) is 23.6 Å². The van der Waals surface area contributed by atoms with Gasteiger partial charge in [-0.05, 0) is 62.2 Å². The number of carbonyl (C=O) groups is 1. The zero-order chi connectivity index (χ0) is 15.4. The number of esters is 1. The van der Waals surface area contributed by atoms with E-state index in [4.69, 9.17) is 15.2 Å². The Morgan fingerprint density at radius 3 is 2.33 bits per heavy atom. The number of rotatable bonds is 4. The van der Waals surface area contributed by atoms with Crippen LogP contribution in [0.1, 0.15) is 28.4 Å². The Bertz CT molecular complexity index is 645. The number of nitrogen functional groups attached to an aromatic ring is 1. The minimum absolute atomic E-state index is 0.306. The average molecular weight is 285 g/mol. The van der Waals surface area contributed by atoms with Crippen LogP contribution < -0.4 is 10.5 Å². The van der Waals surface area contributed by atoms with Gasteiger partial charge < -0.3 is 15.2 Å². The SMILES string of the molecule is CCOC(=O)c1cc(Oc2cc(C)cc(C)c2)ccc1N. The predicted octanol–water partition coefficient (Wildman–Crippen LogP) is 3.85. The van der Waals surface area contributed by atoms with Gasteiger partial charge in [-0.15, -0.1) is 0 Å². The molecule has 4 nitrogen and oxygen atoms in total. The standard InChI is InChI=1S/C17H19NO3/c1-4-20-17(19)15-10-13(5-6-16(15)18)21-14-8-11(2)7-12(3)9-14/h5-10H,4,18H2,1-3H3. The van der Waals surface area contributed by atoms with Gasteiger partial charge in [-0.25, -0.2) is 4.79 Å². The first-order valence-electron chi connectivity index (χ1n) is 6.82. The molecule has 2 rings (SSSR count). The minimum Gasteiger partial charge on any atom is -0.462 e. The zero-order valence-corrected chi connectivity index (χ0v) is 12.5. The van der Waals surface area contributed by atoms with E-state index in [2.05, 4.69) is 6.07 Å². The molecule has 0 aliphatic rings. The van der Waals surface area contributed by atoms with Crippen molar-refractivity contribution in [2.75, 3.05) is 12.3 Å². The van der Waals surface area contributed by atoms with Gasteiger partial charge in [0.25, 0.3) is 0 Å². The molecule has 0 saturated heterocycles. The summed E-state index contributed by atoms with van der Waals surface area (Å²) in [5.41, 5.74) is 8.73. The molecular weight excluding hydrogens is 266 g/mol. The van der Waals surface area contributed by atoms with E-state index in [1.54, 1.807) is 25.1 Å². The van der Waals surface area contributed by atoms with E-state index in [1.807, 2.05) is 26.0 Å². The van der Waals surface area contributed by atoms with E-state index in [-0.39, 0.29) is 0 Å². The van der Waals surface area contributed by atoms with Crippen LogP contribution >= 0.6 is 0 Å². The van der Waals surface area contributed by atoms with Crippen LogP contribution in [0, 0.1) is 13.8 Å². The summed E-state index contributed by atoms with van der Waals surface area (Å²) in [4.78, 5) is 11.8. The molecule has 110 valence electrons. The smallest absolute Gasteiger partial charge is 0.340 e. The Kier molecular flexibility index (Phi) is 4.48. The first kappa shape index (κ1) is 14.9. The molecule has 0 spiro atoms. The highest BCUT2D eigenvalue weighted by molar-refractivity contribution is 5.95. The second-order valence-electron chi connectivity index (χ2n) is 4.90. The highest BCUT2D eigenvalue weighted by atomic mass is 16.5. The number of hydrogen-bond acceptors (Lipinski definition) is 4. The van der Waals surface area contributed by atoms with E-state index < -0.39 is 5.97 Å². The Morgan fingerprint density at radius 2 is 1.71 bits per heavy atom.